The van der Waals surface area contributed by atoms with Crippen LogP contribution in [0.25, 0.3) is 0 Å². The van der Waals surface area contributed by atoms with Crippen LogP contribution in [-0.4, -0.2) is 35.2 Å². The number of benzene rings is 1. The number of hydrogen-bond acceptors (Lipinski definition) is 3. The van der Waals surface area contributed by atoms with E-state index in [-0.39, 0.29) is 23.4 Å². The highest BCUT2D eigenvalue weighted by molar-refractivity contribution is 6.39. The van der Waals surface area contributed by atoms with Crippen LogP contribution >= 0.6 is 0 Å². The van der Waals surface area contributed by atoms with Crippen LogP contribution in [-0.2, 0) is 16.0 Å². The fourth-order valence-corrected chi connectivity index (χ4v) is 2.60. The summed E-state index contributed by atoms with van der Waals surface area (Å²) in [5.74, 6) is -1.67. The molecule has 1 aliphatic carbocycles. The molecule has 1 saturated carbocycles. The Kier molecular flexibility index (Phi) is 5.82. The molecule has 3 N–H and O–H groups in total. The molecule has 1 aliphatic rings. The van der Waals surface area contributed by atoms with E-state index < -0.39 is 24.4 Å². The third kappa shape index (κ3) is 5.84. The van der Waals surface area contributed by atoms with Gasteiger partial charge < -0.3 is 15.7 Å². The molecule has 1 aromatic rings. The van der Waals surface area contributed by atoms with E-state index in [1.165, 1.54) is 24.3 Å². The molecule has 5 nitrogen and oxygen atoms in total. The van der Waals surface area contributed by atoms with E-state index >= 15 is 0 Å². The lowest BCUT2D eigenvalue weighted by Crippen LogP contribution is -2.43. The molecule has 2 rings (SSSR count). The van der Waals surface area contributed by atoms with Crippen LogP contribution in [0.2, 0.25) is 0 Å². The van der Waals surface area contributed by atoms with Crippen molar-refractivity contribution in [3.8, 4) is 0 Å². The van der Waals surface area contributed by atoms with Gasteiger partial charge in [0.1, 0.15) is 0 Å². The van der Waals surface area contributed by atoms with Gasteiger partial charge in [-0.15, -0.1) is 0 Å². The minimum Gasteiger partial charge on any atom is -0.393 e. The first-order chi connectivity index (χ1) is 11.2. The number of hydrogen-bond donors (Lipinski definition) is 3. The molecule has 0 bridgehead atoms. The average Bonchev–Trinajstić information content (AvgIpc) is 2.50. The van der Waals surface area contributed by atoms with Crippen molar-refractivity contribution in [3.63, 3.8) is 0 Å². The molecule has 2 amide bonds. The topological polar surface area (TPSA) is 78.4 Å². The summed E-state index contributed by atoms with van der Waals surface area (Å²) in [6.07, 6.45) is -3.34. The van der Waals surface area contributed by atoms with Crippen LogP contribution in [0.15, 0.2) is 24.3 Å². The first-order valence-corrected chi connectivity index (χ1v) is 7.68. The number of halogens is 3. The molecule has 0 saturated heterocycles. The van der Waals surface area contributed by atoms with Crippen molar-refractivity contribution in [1.82, 2.24) is 5.32 Å². The maximum atomic E-state index is 12.3. The summed E-state index contributed by atoms with van der Waals surface area (Å²) < 4.78 is 36.8. The van der Waals surface area contributed by atoms with Crippen molar-refractivity contribution in [2.24, 2.45) is 0 Å². The second-order valence-corrected chi connectivity index (χ2v) is 5.92. The van der Waals surface area contributed by atoms with E-state index in [0.717, 1.165) is 0 Å². The fourth-order valence-electron chi connectivity index (χ4n) is 2.60. The third-order valence-electron chi connectivity index (χ3n) is 3.85. The SMILES string of the molecule is O=C(Nc1ccc(CC(F)(F)F)cc1)C(=O)NC1CCC(O)CC1. The van der Waals surface area contributed by atoms with Crippen LogP contribution in [0, 0.1) is 0 Å². The number of amides is 2. The Bertz CT molecular complexity index is 579. The summed E-state index contributed by atoms with van der Waals surface area (Å²) in [4.78, 5) is 23.6. The Morgan fingerprint density at radius 1 is 1.04 bits per heavy atom. The van der Waals surface area contributed by atoms with E-state index in [9.17, 15) is 27.9 Å². The van der Waals surface area contributed by atoms with E-state index in [1.54, 1.807) is 0 Å². The lowest BCUT2D eigenvalue weighted by Gasteiger charge is -2.25. The van der Waals surface area contributed by atoms with Gasteiger partial charge in [-0.05, 0) is 43.4 Å². The maximum absolute atomic E-state index is 12.3. The van der Waals surface area contributed by atoms with E-state index in [0.29, 0.717) is 25.7 Å². The number of alkyl halides is 3. The smallest absolute Gasteiger partial charge is 0.393 e. The molecule has 0 unspecified atom stereocenters. The van der Waals surface area contributed by atoms with Crippen LogP contribution in [0.5, 0.6) is 0 Å². The second kappa shape index (κ2) is 7.65. The molecular weight excluding hydrogens is 325 g/mol. The van der Waals surface area contributed by atoms with Crippen LogP contribution < -0.4 is 10.6 Å². The summed E-state index contributed by atoms with van der Waals surface area (Å²) in [6.45, 7) is 0. The molecule has 0 aliphatic heterocycles. The molecule has 1 aromatic carbocycles. The summed E-state index contributed by atoms with van der Waals surface area (Å²) in [7, 11) is 0. The number of aliphatic hydroxyl groups is 1. The molecule has 24 heavy (non-hydrogen) atoms. The van der Waals surface area contributed by atoms with Crippen LogP contribution in [0.4, 0.5) is 18.9 Å². The number of anilines is 1. The van der Waals surface area contributed by atoms with Crippen molar-refractivity contribution in [3.05, 3.63) is 29.8 Å². The lowest BCUT2D eigenvalue weighted by atomic mass is 9.93. The Morgan fingerprint density at radius 3 is 2.17 bits per heavy atom. The van der Waals surface area contributed by atoms with Gasteiger partial charge in [0.25, 0.3) is 0 Å². The van der Waals surface area contributed by atoms with Crippen LogP contribution in [0.3, 0.4) is 0 Å². The standard InChI is InChI=1S/C16H19F3N2O3/c17-16(18,19)9-10-1-3-11(4-2-10)20-14(23)15(24)21-12-5-7-13(22)8-6-12/h1-4,12-13,22H,5-9H2,(H,20,23)(H,21,24). The molecule has 0 atom stereocenters. The molecule has 0 aromatic heterocycles. The minimum absolute atomic E-state index is 0.0747. The Balaban J connectivity index is 1.84. The Hall–Kier alpha value is -2.09. The monoisotopic (exact) mass is 344 g/mol. The highest BCUT2D eigenvalue weighted by Crippen LogP contribution is 2.22. The normalized spacial score (nSPS) is 21.2. The molecule has 0 radical (unpaired) electrons. The van der Waals surface area contributed by atoms with Crippen molar-refractivity contribution in [2.45, 2.75) is 50.4 Å². The summed E-state index contributed by atoms with van der Waals surface area (Å²) in [5, 5.41) is 14.3. The number of nitrogens with one attached hydrogen (secondary N) is 2. The Labute approximate surface area is 137 Å². The molecule has 0 spiro atoms. The van der Waals surface area contributed by atoms with E-state index in [2.05, 4.69) is 10.6 Å². The van der Waals surface area contributed by atoms with Gasteiger partial charge in [-0.25, -0.2) is 0 Å². The number of carbonyl (C=O) groups is 2. The van der Waals surface area contributed by atoms with Crippen LogP contribution in [0.1, 0.15) is 31.2 Å². The first kappa shape index (κ1) is 18.3. The van der Waals surface area contributed by atoms with Gasteiger partial charge in [0.05, 0.1) is 12.5 Å². The fraction of sp³-hybridized carbons (Fsp3) is 0.500. The maximum Gasteiger partial charge on any atom is 0.393 e. The Morgan fingerprint density at radius 2 is 1.62 bits per heavy atom. The molecule has 1 fully saturated rings. The van der Waals surface area contributed by atoms with E-state index in [1.807, 2.05) is 0 Å². The zero-order chi connectivity index (χ0) is 17.7. The average molecular weight is 344 g/mol. The van der Waals surface area contributed by atoms with Crippen molar-refractivity contribution in [2.75, 3.05) is 5.32 Å². The zero-order valence-electron chi connectivity index (χ0n) is 12.9. The quantitative estimate of drug-likeness (QED) is 0.735. The number of carbonyl (C=O) groups excluding carboxylic acids is 2. The van der Waals surface area contributed by atoms with Gasteiger partial charge >= 0.3 is 18.0 Å². The highest BCUT2D eigenvalue weighted by atomic mass is 19.4. The van der Waals surface area contributed by atoms with Crippen molar-refractivity contribution >= 4 is 17.5 Å². The predicted octanol–water partition coefficient (Wildman–Crippen LogP) is 2.15. The molecule has 132 valence electrons. The van der Waals surface area contributed by atoms with Gasteiger partial charge in [0, 0.05) is 11.7 Å². The first-order valence-electron chi connectivity index (χ1n) is 7.68. The van der Waals surface area contributed by atoms with Crippen molar-refractivity contribution < 1.29 is 27.9 Å². The summed E-state index contributed by atoms with van der Waals surface area (Å²) >= 11 is 0. The van der Waals surface area contributed by atoms with Gasteiger partial charge in [0.15, 0.2) is 0 Å². The van der Waals surface area contributed by atoms with Crippen molar-refractivity contribution in [1.29, 1.82) is 0 Å². The predicted molar refractivity (Wildman–Crippen MR) is 81.2 cm³/mol. The summed E-state index contributed by atoms with van der Waals surface area (Å²) in [6, 6.07) is 5.00. The number of aliphatic hydroxyl groups excluding tert-OH is 1. The number of rotatable bonds is 3. The van der Waals surface area contributed by atoms with Gasteiger partial charge in [-0.2, -0.15) is 13.2 Å². The largest absolute Gasteiger partial charge is 0.393 e. The molecule has 8 heteroatoms. The third-order valence-corrected chi connectivity index (χ3v) is 3.85. The van der Waals surface area contributed by atoms with Gasteiger partial charge in [0.2, 0.25) is 0 Å². The summed E-state index contributed by atoms with van der Waals surface area (Å²) in [5.41, 5.74) is 0.325. The minimum atomic E-state index is -4.29. The lowest BCUT2D eigenvalue weighted by molar-refractivity contribution is -0.136. The van der Waals surface area contributed by atoms with Gasteiger partial charge in [-0.1, -0.05) is 12.1 Å². The van der Waals surface area contributed by atoms with E-state index in [4.69, 9.17) is 0 Å². The molecule has 0 heterocycles. The zero-order valence-corrected chi connectivity index (χ0v) is 12.9. The van der Waals surface area contributed by atoms with Gasteiger partial charge in [-0.3, -0.25) is 9.59 Å². The second-order valence-electron chi connectivity index (χ2n) is 5.92. The molecular formula is C16H19F3N2O3. The highest BCUT2D eigenvalue weighted by Gasteiger charge is 2.27.